The first-order valence-corrected chi connectivity index (χ1v) is 16.4. The Morgan fingerprint density at radius 1 is 0.569 bits per heavy atom. The van der Waals surface area contributed by atoms with Gasteiger partial charge in [-0.05, 0) is 48.0 Å². The van der Waals surface area contributed by atoms with Crippen molar-refractivity contribution in [2.75, 3.05) is 0 Å². The lowest BCUT2D eigenvalue weighted by molar-refractivity contribution is 0.656. The SMILES string of the molecule is [2H]c1c([2H])c([2H])c(C=NC(=NC(=N)c2ccc3c(c2)oc2cc4oc5cc(-n6c7ccccc7c7ccccc76)ccc5c4cc23)c2ccccc2)c([2H])c1[2H]. The summed E-state index contributed by atoms with van der Waals surface area (Å²) in [6.07, 6.45) is 1.20. The van der Waals surface area contributed by atoms with Crippen molar-refractivity contribution >= 4 is 83.6 Å². The average Bonchev–Trinajstić information content (AvgIpc) is 3.89. The smallest absolute Gasteiger partial charge is 0.161 e. The molecule has 0 aliphatic carbocycles. The summed E-state index contributed by atoms with van der Waals surface area (Å²) in [4.78, 5) is 8.97. The summed E-state index contributed by atoms with van der Waals surface area (Å²) < 4.78 is 55.6. The van der Waals surface area contributed by atoms with E-state index in [2.05, 4.69) is 87.3 Å². The lowest BCUT2D eigenvalue weighted by atomic mass is 10.1. The van der Waals surface area contributed by atoms with Crippen LogP contribution in [0.25, 0.3) is 71.4 Å². The second-order valence-corrected chi connectivity index (χ2v) is 12.3. The highest BCUT2D eigenvalue weighted by atomic mass is 16.3. The predicted octanol–water partition coefficient (Wildman–Crippen LogP) is 11.5. The highest BCUT2D eigenvalue weighted by molar-refractivity contribution is 6.18. The molecule has 10 aromatic rings. The number of hydrogen-bond acceptors (Lipinski definition) is 3. The van der Waals surface area contributed by atoms with Gasteiger partial charge in [0, 0.05) is 67.5 Å². The number of nitrogens with zero attached hydrogens (tertiary/aromatic N) is 3. The number of fused-ring (bicyclic) bond motifs is 9. The van der Waals surface area contributed by atoms with E-state index in [0.717, 1.165) is 43.8 Å². The summed E-state index contributed by atoms with van der Waals surface area (Å²) in [5, 5.41) is 15.1. The van der Waals surface area contributed by atoms with Crippen molar-refractivity contribution in [3.8, 4) is 5.69 Å². The van der Waals surface area contributed by atoms with E-state index in [4.69, 9.17) is 21.1 Å². The van der Waals surface area contributed by atoms with Crippen LogP contribution in [0.5, 0.6) is 0 Å². The molecule has 0 aliphatic heterocycles. The molecule has 240 valence electrons. The molecule has 0 spiro atoms. The van der Waals surface area contributed by atoms with Gasteiger partial charge in [-0.15, -0.1) is 0 Å². The van der Waals surface area contributed by atoms with Gasteiger partial charge in [0.25, 0.3) is 0 Å². The highest BCUT2D eigenvalue weighted by Gasteiger charge is 2.17. The Morgan fingerprint density at radius 2 is 1.18 bits per heavy atom. The third-order valence-electron chi connectivity index (χ3n) is 9.25. The molecule has 0 aliphatic rings. The first-order chi connectivity index (χ1) is 27.2. The lowest BCUT2D eigenvalue weighted by Gasteiger charge is -2.07. The van der Waals surface area contributed by atoms with E-state index in [1.54, 1.807) is 36.4 Å². The molecule has 0 amide bonds. The number of nitrogens with one attached hydrogen (secondary N) is 1. The van der Waals surface area contributed by atoms with Crippen molar-refractivity contribution in [2.24, 2.45) is 9.98 Å². The molecular formula is C45H28N4O2. The summed E-state index contributed by atoms with van der Waals surface area (Å²) in [5.74, 6) is 0.0453. The Morgan fingerprint density at radius 3 is 1.88 bits per heavy atom. The number of furan rings is 2. The maximum atomic E-state index is 8.95. The maximum Gasteiger partial charge on any atom is 0.161 e. The Balaban J connectivity index is 1.02. The van der Waals surface area contributed by atoms with Crippen LogP contribution in [-0.2, 0) is 0 Å². The molecular weight excluding hydrogens is 629 g/mol. The Hall–Kier alpha value is -7.05. The van der Waals surface area contributed by atoms with Crippen LogP contribution in [0.15, 0.2) is 176 Å². The predicted molar refractivity (Wildman–Crippen MR) is 209 cm³/mol. The second-order valence-electron chi connectivity index (χ2n) is 12.3. The minimum absolute atomic E-state index is 0.0723. The molecule has 10 rings (SSSR count). The standard InChI is InChI=1S/C45H28N4O2/c46-44(48-45(29-13-5-2-6-14-29)47-27-28-11-3-1-4-12-28)30-19-21-34-36-25-37-35-22-20-31(24-41(35)51-43(37)26-42(36)50-40(34)23-30)49-38-17-9-7-15-32(38)33-16-8-10-18-39(33)49/h1-27,46H/i1D,3D,4D,11D,12D. The van der Waals surface area contributed by atoms with Gasteiger partial charge < -0.3 is 13.4 Å². The zero-order valence-electron chi connectivity index (χ0n) is 31.9. The fraction of sp³-hybridized carbons (Fsp3) is 0. The number of amidine groups is 2. The van der Waals surface area contributed by atoms with Crippen LogP contribution in [-0.4, -0.2) is 22.5 Å². The Bertz CT molecular complexity index is 3260. The first kappa shape index (κ1) is 24.1. The number of hydrogen-bond donors (Lipinski definition) is 1. The summed E-state index contributed by atoms with van der Waals surface area (Å²) in [5.41, 5.74) is 6.96. The number of aliphatic imine (C=N–C) groups is 2. The molecule has 0 fully saturated rings. The minimum atomic E-state index is -0.483. The van der Waals surface area contributed by atoms with Crippen LogP contribution in [0.3, 0.4) is 0 Å². The van der Waals surface area contributed by atoms with E-state index >= 15 is 0 Å². The van der Waals surface area contributed by atoms with Gasteiger partial charge in [0.1, 0.15) is 22.3 Å². The molecule has 6 heteroatoms. The molecule has 3 heterocycles. The van der Waals surface area contributed by atoms with Crippen LogP contribution in [0.4, 0.5) is 0 Å². The molecule has 0 atom stereocenters. The molecule has 0 radical (unpaired) electrons. The second kappa shape index (κ2) is 11.5. The number of aromatic nitrogens is 1. The number of para-hydroxylation sites is 2. The largest absolute Gasteiger partial charge is 0.456 e. The molecule has 3 aromatic heterocycles. The zero-order valence-corrected chi connectivity index (χ0v) is 26.9. The fourth-order valence-electron chi connectivity index (χ4n) is 6.90. The summed E-state index contributed by atoms with van der Waals surface area (Å²) in [6, 6.07) is 39.5. The molecule has 6 nitrogen and oxygen atoms in total. The van der Waals surface area contributed by atoms with Crippen LogP contribution in [0.1, 0.15) is 23.5 Å². The van der Waals surface area contributed by atoms with Crippen LogP contribution >= 0.6 is 0 Å². The average molecular weight is 662 g/mol. The van der Waals surface area contributed by atoms with Crippen molar-refractivity contribution < 1.29 is 15.7 Å². The van der Waals surface area contributed by atoms with E-state index in [9.17, 15) is 0 Å². The maximum absolute atomic E-state index is 8.95. The number of rotatable bonds is 4. The molecule has 0 unspecified atom stereocenters. The molecule has 7 aromatic carbocycles. The van der Waals surface area contributed by atoms with Gasteiger partial charge in [-0.1, -0.05) is 103 Å². The zero-order chi connectivity index (χ0) is 38.2. The Kier molecular flexibility index (Phi) is 5.46. The highest BCUT2D eigenvalue weighted by Crippen LogP contribution is 2.39. The van der Waals surface area contributed by atoms with E-state index in [-0.39, 0.29) is 29.3 Å². The monoisotopic (exact) mass is 661 g/mol. The normalized spacial score (nSPS) is 13.8. The minimum Gasteiger partial charge on any atom is -0.456 e. The van der Waals surface area contributed by atoms with E-state index in [1.165, 1.54) is 17.0 Å². The van der Waals surface area contributed by atoms with Crippen LogP contribution < -0.4 is 0 Å². The third-order valence-corrected chi connectivity index (χ3v) is 9.25. The Labute approximate surface area is 298 Å². The third kappa shape index (κ3) is 4.84. The lowest BCUT2D eigenvalue weighted by Crippen LogP contribution is -2.04. The topological polar surface area (TPSA) is 79.8 Å². The van der Waals surface area contributed by atoms with Gasteiger partial charge in [0.05, 0.1) is 17.9 Å². The van der Waals surface area contributed by atoms with Gasteiger partial charge in [0.2, 0.25) is 0 Å². The van der Waals surface area contributed by atoms with Crippen molar-refractivity contribution in [3.05, 3.63) is 174 Å². The van der Waals surface area contributed by atoms with Gasteiger partial charge in [-0.2, -0.15) is 0 Å². The van der Waals surface area contributed by atoms with Crippen molar-refractivity contribution in [1.82, 2.24) is 4.57 Å². The van der Waals surface area contributed by atoms with Gasteiger partial charge in [-0.25, -0.2) is 9.98 Å². The molecule has 51 heavy (non-hydrogen) atoms. The van der Waals surface area contributed by atoms with Gasteiger partial charge >= 0.3 is 0 Å². The molecule has 0 bridgehead atoms. The quantitative estimate of drug-likeness (QED) is 0.150. The summed E-state index contributed by atoms with van der Waals surface area (Å²) >= 11 is 0. The van der Waals surface area contributed by atoms with E-state index in [1.807, 2.05) is 18.2 Å². The van der Waals surface area contributed by atoms with Crippen LogP contribution in [0.2, 0.25) is 0 Å². The van der Waals surface area contributed by atoms with Crippen LogP contribution in [0, 0.1) is 5.41 Å². The van der Waals surface area contributed by atoms with E-state index < -0.39 is 18.1 Å². The summed E-state index contributed by atoms with van der Waals surface area (Å²) in [7, 11) is 0. The van der Waals surface area contributed by atoms with Crippen molar-refractivity contribution in [1.29, 1.82) is 5.41 Å². The van der Waals surface area contributed by atoms with E-state index in [0.29, 0.717) is 27.9 Å². The summed E-state index contributed by atoms with van der Waals surface area (Å²) in [6.45, 7) is 0. The van der Waals surface area contributed by atoms with Crippen molar-refractivity contribution in [2.45, 2.75) is 0 Å². The fourth-order valence-corrected chi connectivity index (χ4v) is 6.90. The molecule has 0 saturated carbocycles. The van der Waals surface area contributed by atoms with Gasteiger partial charge in [0.15, 0.2) is 11.7 Å². The number of benzene rings is 7. The molecule has 0 saturated heterocycles. The van der Waals surface area contributed by atoms with Gasteiger partial charge in [-0.3, -0.25) is 5.41 Å². The molecule has 1 N–H and O–H groups in total. The van der Waals surface area contributed by atoms with Crippen molar-refractivity contribution in [3.63, 3.8) is 0 Å². The first-order valence-electron chi connectivity index (χ1n) is 18.9.